The van der Waals surface area contributed by atoms with Crippen LogP contribution in [-0.4, -0.2) is 82.9 Å². The largest absolute Gasteiger partial charge is 0.366 e. The Kier molecular flexibility index (Phi) is 10.7. The van der Waals surface area contributed by atoms with Crippen LogP contribution in [0.3, 0.4) is 0 Å². The number of hydrogen-bond acceptors (Lipinski definition) is 7. The Morgan fingerprint density at radius 3 is 2.25 bits per heavy atom. The van der Waals surface area contributed by atoms with Crippen LogP contribution in [0.1, 0.15) is 113 Å². The third kappa shape index (κ3) is 6.99. The van der Waals surface area contributed by atoms with Crippen LogP contribution in [0.5, 0.6) is 0 Å². The van der Waals surface area contributed by atoms with E-state index < -0.39 is 0 Å². The molecule has 0 radical (unpaired) electrons. The minimum Gasteiger partial charge on any atom is -0.366 e. The Bertz CT molecular complexity index is 2390. The lowest BCUT2D eigenvalue weighted by Crippen LogP contribution is -2.51. The molecule has 0 N–H and O–H groups in total. The minimum absolute atomic E-state index is 0.0407. The molecule has 5 fully saturated rings. The summed E-state index contributed by atoms with van der Waals surface area (Å²) in [5.74, 6) is 1.40. The van der Waals surface area contributed by atoms with Crippen LogP contribution in [0.4, 0.5) is 15.8 Å². The van der Waals surface area contributed by atoms with E-state index in [0.29, 0.717) is 74.0 Å². The number of halogens is 2. The van der Waals surface area contributed by atoms with E-state index in [1.54, 1.807) is 6.07 Å². The first-order valence-corrected chi connectivity index (χ1v) is 23.3. The van der Waals surface area contributed by atoms with Crippen LogP contribution in [-0.2, 0) is 19.8 Å². The van der Waals surface area contributed by atoms with Crippen molar-refractivity contribution in [2.75, 3.05) is 55.6 Å². The predicted molar refractivity (Wildman–Crippen MR) is 234 cm³/mol. The Labute approximate surface area is 359 Å². The van der Waals surface area contributed by atoms with Gasteiger partial charge >= 0.3 is 0 Å². The zero-order valence-corrected chi connectivity index (χ0v) is 35.9. The molecule has 1 aromatic heterocycles. The summed E-state index contributed by atoms with van der Waals surface area (Å²) in [6, 6.07) is 17.6. The van der Waals surface area contributed by atoms with Crippen molar-refractivity contribution < 1.29 is 18.8 Å². The third-order valence-corrected chi connectivity index (χ3v) is 15.6. The number of carbonyl (C=O) groups excluding carboxylic acids is 3. The maximum absolute atomic E-state index is 15.0. The summed E-state index contributed by atoms with van der Waals surface area (Å²) < 4.78 is 18.2. The van der Waals surface area contributed by atoms with Gasteiger partial charge in [0.15, 0.2) is 0 Å². The van der Waals surface area contributed by atoms with Gasteiger partial charge in [0.1, 0.15) is 11.6 Å². The molecular formula is C48H54BrFN6O4. The third-order valence-electron chi connectivity index (χ3n) is 15.0. The number of piperazine rings is 1. The van der Waals surface area contributed by atoms with Crippen LogP contribution in [0.25, 0.3) is 16.6 Å². The smallest absolute Gasteiger partial charge is 0.281 e. The Morgan fingerprint density at radius 1 is 0.783 bits per heavy atom. The molecule has 0 unspecified atom stereocenters. The van der Waals surface area contributed by atoms with Crippen molar-refractivity contribution in [3.05, 3.63) is 92.2 Å². The van der Waals surface area contributed by atoms with Gasteiger partial charge in [0, 0.05) is 56.0 Å². The molecular weight excluding hydrogens is 823 g/mol. The Morgan fingerprint density at radius 2 is 1.52 bits per heavy atom. The lowest BCUT2D eigenvalue weighted by Gasteiger charge is -2.40. The van der Waals surface area contributed by atoms with Gasteiger partial charge in [-0.3, -0.25) is 28.6 Å². The Hall–Kier alpha value is -4.42. The zero-order valence-electron chi connectivity index (χ0n) is 34.3. The molecule has 2 aliphatic carbocycles. The second kappa shape index (κ2) is 16.1. The zero-order chi connectivity index (χ0) is 41.1. The molecule has 10 rings (SSSR count). The molecule has 1 spiro atoms. The number of amides is 3. The van der Waals surface area contributed by atoms with Gasteiger partial charge in [-0.15, -0.1) is 0 Å². The lowest BCUT2D eigenvalue weighted by molar-refractivity contribution is -0.137. The molecule has 3 saturated heterocycles. The number of imide groups is 1. The van der Waals surface area contributed by atoms with Gasteiger partial charge in [-0.1, -0.05) is 37.5 Å². The quantitative estimate of drug-likeness (QED) is 0.180. The molecule has 4 aromatic rings. The number of hydrogen-bond donors (Lipinski definition) is 0. The second-order valence-electron chi connectivity index (χ2n) is 18.3. The predicted octanol–water partition coefficient (Wildman–Crippen LogP) is 8.23. The summed E-state index contributed by atoms with van der Waals surface area (Å²) in [6.07, 6.45) is 13.0. The highest BCUT2D eigenvalue weighted by molar-refractivity contribution is 9.10. The molecule has 0 bridgehead atoms. The summed E-state index contributed by atoms with van der Waals surface area (Å²) in [6.45, 7) is 5.31. The van der Waals surface area contributed by atoms with Gasteiger partial charge in [-0.25, -0.2) is 4.39 Å². The number of rotatable bonds is 6. The maximum atomic E-state index is 15.0. The first-order valence-electron chi connectivity index (χ1n) is 22.5. The fourth-order valence-electron chi connectivity index (χ4n) is 11.7. The average molecular weight is 878 g/mol. The molecule has 3 aromatic carbocycles. The summed E-state index contributed by atoms with van der Waals surface area (Å²) >= 11 is 3.65. The monoisotopic (exact) mass is 876 g/mol. The number of fused-ring (bicyclic) bond motifs is 7. The van der Waals surface area contributed by atoms with Gasteiger partial charge in [-0.05, 0) is 146 Å². The topological polar surface area (TPSA) is 99.1 Å². The van der Waals surface area contributed by atoms with Crippen molar-refractivity contribution in [2.45, 2.75) is 101 Å². The molecule has 0 atom stereocenters. The molecule has 2 saturated carbocycles. The fraction of sp³-hybridized carbons (Fsp3) is 0.521. The van der Waals surface area contributed by atoms with Crippen molar-refractivity contribution in [2.24, 2.45) is 11.8 Å². The van der Waals surface area contributed by atoms with Crippen molar-refractivity contribution in [1.82, 2.24) is 19.4 Å². The van der Waals surface area contributed by atoms with Crippen LogP contribution in [0.15, 0.2) is 63.9 Å². The summed E-state index contributed by atoms with van der Waals surface area (Å²) in [4.78, 5) is 64.7. The van der Waals surface area contributed by atoms with Crippen molar-refractivity contribution in [3.63, 3.8) is 0 Å². The van der Waals surface area contributed by atoms with E-state index in [2.05, 4.69) is 49.7 Å². The van der Waals surface area contributed by atoms with Gasteiger partial charge in [-0.2, -0.15) is 4.98 Å². The number of nitrogens with zero attached hydrogens (tertiary/aromatic N) is 6. The van der Waals surface area contributed by atoms with E-state index in [-0.39, 0.29) is 40.4 Å². The first-order chi connectivity index (χ1) is 29.2. The van der Waals surface area contributed by atoms with Crippen LogP contribution in [0, 0.1) is 17.7 Å². The number of carbonyl (C=O) groups is 3. The van der Waals surface area contributed by atoms with Gasteiger partial charge < -0.3 is 14.7 Å². The molecule has 4 aliphatic heterocycles. The Balaban J connectivity index is 0.734. The summed E-state index contributed by atoms with van der Waals surface area (Å²) in [5.41, 5.74) is 5.32. The molecule has 5 heterocycles. The fourth-order valence-corrected chi connectivity index (χ4v) is 12.2. The van der Waals surface area contributed by atoms with Crippen molar-refractivity contribution >= 4 is 55.9 Å². The molecule has 3 amide bonds. The van der Waals surface area contributed by atoms with Crippen LogP contribution in [0.2, 0.25) is 0 Å². The SMILES string of the molecule is O=C(C1CCC(CN2CCC(c3ccc4c(c3)-n3c(nc(=O)c5c(Br)cccc53)C43CCCCC3)CC2)CC1)N1CCN(c2cc(N3C(=O)CCCC3=O)ccc2F)CC1. The van der Waals surface area contributed by atoms with Crippen LogP contribution < -0.4 is 15.4 Å². The van der Waals surface area contributed by atoms with Gasteiger partial charge in [0.05, 0.1) is 33.4 Å². The first kappa shape index (κ1) is 39.7. The highest BCUT2D eigenvalue weighted by atomic mass is 79.9. The van der Waals surface area contributed by atoms with E-state index in [0.717, 1.165) is 99.7 Å². The summed E-state index contributed by atoms with van der Waals surface area (Å²) in [5, 5.41) is 0.653. The van der Waals surface area contributed by atoms with E-state index in [9.17, 15) is 19.2 Å². The number of likely N-dealkylation sites (tertiary alicyclic amines) is 1. The van der Waals surface area contributed by atoms with E-state index in [1.807, 2.05) is 21.9 Å². The van der Waals surface area contributed by atoms with Crippen LogP contribution >= 0.6 is 15.9 Å². The second-order valence-corrected chi connectivity index (χ2v) is 19.2. The number of benzene rings is 3. The molecule has 10 nitrogen and oxygen atoms in total. The average Bonchev–Trinajstić information content (AvgIpc) is 3.52. The van der Waals surface area contributed by atoms with Gasteiger partial charge in [0.2, 0.25) is 17.7 Å². The standard InChI is InChI=1S/C48H54BrFN6O4/c49-37-6-4-7-39-44(37)45(59)51-47-48(20-2-1-3-21-48)36-16-14-34(28-40(36)56(39)47)32-18-22-52(23-19-32)30-31-10-12-33(13-11-31)46(60)54-26-24-53(25-27-54)41-29-35(15-17-38(41)50)55-42(57)8-5-9-43(55)58/h4,6-7,14-17,28-29,31-33H,1-3,5,8-13,18-27,30H2. The van der Waals surface area contributed by atoms with Gasteiger partial charge in [0.25, 0.3) is 5.56 Å². The minimum atomic E-state index is -0.389. The number of anilines is 2. The molecule has 314 valence electrons. The van der Waals surface area contributed by atoms with Crippen molar-refractivity contribution in [3.8, 4) is 5.69 Å². The molecule has 60 heavy (non-hydrogen) atoms. The highest BCUT2D eigenvalue weighted by Gasteiger charge is 2.47. The maximum Gasteiger partial charge on any atom is 0.281 e. The van der Waals surface area contributed by atoms with E-state index >= 15 is 4.39 Å². The number of aromatic nitrogens is 2. The molecule has 12 heteroatoms. The van der Waals surface area contributed by atoms with E-state index in [1.165, 1.54) is 40.3 Å². The van der Waals surface area contributed by atoms with E-state index in [4.69, 9.17) is 4.98 Å². The van der Waals surface area contributed by atoms with Crippen molar-refractivity contribution in [1.29, 1.82) is 0 Å². The summed E-state index contributed by atoms with van der Waals surface area (Å²) in [7, 11) is 0. The highest BCUT2D eigenvalue weighted by Crippen LogP contribution is 2.52. The number of piperidine rings is 2. The molecule has 6 aliphatic rings. The normalized spacial score (nSPS) is 23.7. The lowest BCUT2D eigenvalue weighted by atomic mass is 9.69.